The molecule has 0 aromatic carbocycles. The standard InChI is InChI=1S/3C6H13.Al/c3*1-4-6(3)5-2;/h3*6H,1,4-5H2,2-3H3;. The van der Waals surface area contributed by atoms with Gasteiger partial charge in [0.25, 0.3) is 14.1 Å². The van der Waals surface area contributed by atoms with Gasteiger partial charge in [-0.3, -0.25) is 0 Å². The average Bonchev–Trinajstić information content (AvgIpc) is 2.44. The van der Waals surface area contributed by atoms with Crippen LogP contribution >= 0.6 is 0 Å². The van der Waals surface area contributed by atoms with Gasteiger partial charge < -0.3 is 0 Å². The molecule has 0 bridgehead atoms. The minimum absolute atomic E-state index is 0.444. The minimum Gasteiger partial charge on any atom is -0.0936 e. The van der Waals surface area contributed by atoms with E-state index in [2.05, 4.69) is 41.5 Å². The Morgan fingerprint density at radius 3 is 1.05 bits per heavy atom. The first kappa shape index (κ1) is 19.5. The van der Waals surface area contributed by atoms with E-state index in [9.17, 15) is 0 Å². The van der Waals surface area contributed by atoms with Crippen LogP contribution in [0.15, 0.2) is 0 Å². The largest absolute Gasteiger partial charge is 0.261 e. The van der Waals surface area contributed by atoms with E-state index in [1.165, 1.54) is 38.5 Å². The first-order valence-electron chi connectivity index (χ1n) is 9.03. The Labute approximate surface area is 128 Å². The van der Waals surface area contributed by atoms with E-state index in [0.717, 1.165) is 17.8 Å². The highest BCUT2D eigenvalue weighted by Crippen LogP contribution is 2.23. The van der Waals surface area contributed by atoms with Crippen LogP contribution in [0.25, 0.3) is 0 Å². The Bertz CT molecular complexity index is 157. The molecule has 0 saturated carbocycles. The maximum Gasteiger partial charge on any atom is 0.261 e. The minimum atomic E-state index is -0.444. The summed E-state index contributed by atoms with van der Waals surface area (Å²) >= 11 is -0.444. The molecule has 0 heterocycles. The van der Waals surface area contributed by atoms with Gasteiger partial charge >= 0.3 is 0 Å². The van der Waals surface area contributed by atoms with Crippen molar-refractivity contribution in [2.45, 2.75) is 95.9 Å². The van der Waals surface area contributed by atoms with Crippen molar-refractivity contribution in [3.63, 3.8) is 0 Å². The second kappa shape index (κ2) is 12.3. The van der Waals surface area contributed by atoms with Gasteiger partial charge in [-0.15, -0.1) is 0 Å². The lowest BCUT2D eigenvalue weighted by Gasteiger charge is -2.18. The molecule has 114 valence electrons. The molecular weight excluding hydrogens is 243 g/mol. The van der Waals surface area contributed by atoms with Gasteiger partial charge in [-0.1, -0.05) is 95.9 Å². The molecule has 1 heteroatoms. The van der Waals surface area contributed by atoms with Gasteiger partial charge in [0.05, 0.1) is 0 Å². The first-order valence-corrected chi connectivity index (χ1v) is 11.5. The maximum absolute atomic E-state index is 2.44. The Hall–Kier alpha value is 0.532. The SMILES string of the molecule is CCC(C)C[CH2][Al]([CH2]CC(C)CC)[CH2]CC(C)CC. The van der Waals surface area contributed by atoms with Crippen molar-refractivity contribution in [1.29, 1.82) is 0 Å². The van der Waals surface area contributed by atoms with Crippen molar-refractivity contribution in [2.24, 2.45) is 17.8 Å². The smallest absolute Gasteiger partial charge is 0.0936 e. The van der Waals surface area contributed by atoms with E-state index in [4.69, 9.17) is 0 Å². The van der Waals surface area contributed by atoms with Gasteiger partial charge in [0.15, 0.2) is 0 Å². The molecule has 0 amide bonds. The average molecular weight is 282 g/mol. The van der Waals surface area contributed by atoms with Crippen LogP contribution in [0.2, 0.25) is 15.8 Å². The van der Waals surface area contributed by atoms with Crippen molar-refractivity contribution in [2.75, 3.05) is 0 Å². The summed E-state index contributed by atoms with van der Waals surface area (Å²) in [6.45, 7) is 14.4. The molecule has 0 saturated heterocycles. The van der Waals surface area contributed by atoms with Crippen LogP contribution in [0.4, 0.5) is 0 Å². The number of rotatable bonds is 12. The van der Waals surface area contributed by atoms with Crippen LogP contribution in [-0.2, 0) is 0 Å². The molecule has 0 rings (SSSR count). The summed E-state index contributed by atoms with van der Waals surface area (Å²) in [7, 11) is 0. The normalized spacial score (nSPS) is 16.1. The second-order valence-electron chi connectivity index (χ2n) is 7.14. The van der Waals surface area contributed by atoms with Gasteiger partial charge in [0, 0.05) is 0 Å². The van der Waals surface area contributed by atoms with E-state index in [0.29, 0.717) is 0 Å². The fourth-order valence-electron chi connectivity index (χ4n) is 2.61. The van der Waals surface area contributed by atoms with Crippen LogP contribution in [0.1, 0.15) is 80.1 Å². The summed E-state index contributed by atoms with van der Waals surface area (Å²) in [5.74, 6) is 2.88. The van der Waals surface area contributed by atoms with Crippen LogP contribution in [0, 0.1) is 17.8 Å². The molecule has 0 aliphatic carbocycles. The highest BCUT2D eigenvalue weighted by atomic mass is 27.2. The van der Waals surface area contributed by atoms with Crippen molar-refractivity contribution >= 4 is 14.1 Å². The quantitative estimate of drug-likeness (QED) is 0.346. The third kappa shape index (κ3) is 10.9. The molecule has 0 spiro atoms. The molecule has 0 radical (unpaired) electrons. The highest BCUT2D eigenvalue weighted by Gasteiger charge is 2.19. The second-order valence-corrected chi connectivity index (χ2v) is 10.6. The number of hydrogen-bond donors (Lipinski definition) is 0. The van der Waals surface area contributed by atoms with Crippen LogP contribution in [-0.4, -0.2) is 14.1 Å². The van der Waals surface area contributed by atoms with Crippen LogP contribution in [0.3, 0.4) is 0 Å². The lowest BCUT2D eigenvalue weighted by molar-refractivity contribution is 0.520. The fourth-order valence-corrected chi connectivity index (χ4v) is 6.59. The zero-order valence-corrected chi connectivity index (χ0v) is 15.8. The molecule has 0 fully saturated rings. The maximum atomic E-state index is 2.44. The predicted octanol–water partition coefficient (Wildman–Crippen LogP) is 6.79. The summed E-state index contributed by atoms with van der Waals surface area (Å²) < 4.78 is 0. The Kier molecular flexibility index (Phi) is 12.6. The lowest BCUT2D eigenvalue weighted by atomic mass is 10.1. The summed E-state index contributed by atoms with van der Waals surface area (Å²) in [6, 6.07) is 0. The molecule has 0 aromatic rings. The fraction of sp³-hybridized carbons (Fsp3) is 1.00. The van der Waals surface area contributed by atoms with E-state index < -0.39 is 14.1 Å². The van der Waals surface area contributed by atoms with Gasteiger partial charge in [-0.05, 0) is 17.8 Å². The van der Waals surface area contributed by atoms with Gasteiger partial charge in [0.2, 0.25) is 0 Å². The van der Waals surface area contributed by atoms with Gasteiger partial charge in [-0.25, -0.2) is 0 Å². The van der Waals surface area contributed by atoms with Crippen molar-refractivity contribution < 1.29 is 0 Å². The summed E-state index contributed by atoms with van der Waals surface area (Å²) in [5.41, 5.74) is 0. The van der Waals surface area contributed by atoms with E-state index in [1.807, 2.05) is 0 Å². The zero-order chi connectivity index (χ0) is 14.7. The Balaban J connectivity index is 4.06. The first-order chi connectivity index (χ1) is 9.03. The summed E-state index contributed by atoms with van der Waals surface area (Å²) in [5, 5.41) is 4.84. The predicted molar refractivity (Wildman–Crippen MR) is 92.4 cm³/mol. The van der Waals surface area contributed by atoms with Crippen molar-refractivity contribution in [1.82, 2.24) is 0 Å². The Morgan fingerprint density at radius 2 is 0.842 bits per heavy atom. The summed E-state index contributed by atoms with van der Waals surface area (Å²) in [6.07, 6.45) is 8.64. The Morgan fingerprint density at radius 1 is 0.579 bits per heavy atom. The molecule has 0 aliphatic heterocycles. The molecule has 3 unspecified atom stereocenters. The molecule has 0 aliphatic rings. The molecule has 0 nitrogen and oxygen atoms in total. The lowest BCUT2D eigenvalue weighted by Crippen LogP contribution is -2.16. The third-order valence-corrected chi connectivity index (χ3v) is 8.74. The topological polar surface area (TPSA) is 0 Å². The molecule has 0 N–H and O–H groups in total. The van der Waals surface area contributed by atoms with Crippen molar-refractivity contribution in [3.8, 4) is 0 Å². The monoisotopic (exact) mass is 282 g/mol. The summed E-state index contributed by atoms with van der Waals surface area (Å²) in [4.78, 5) is 0. The van der Waals surface area contributed by atoms with Crippen LogP contribution < -0.4 is 0 Å². The van der Waals surface area contributed by atoms with Gasteiger partial charge in [0.1, 0.15) is 0 Å². The molecule has 0 aromatic heterocycles. The highest BCUT2D eigenvalue weighted by molar-refractivity contribution is 6.58. The van der Waals surface area contributed by atoms with Crippen molar-refractivity contribution in [3.05, 3.63) is 0 Å². The molecule has 3 atom stereocenters. The van der Waals surface area contributed by atoms with E-state index in [-0.39, 0.29) is 0 Å². The number of hydrogen-bond acceptors (Lipinski definition) is 0. The molecular formula is C18H39Al. The van der Waals surface area contributed by atoms with E-state index >= 15 is 0 Å². The zero-order valence-electron chi connectivity index (χ0n) is 14.7. The third-order valence-electron chi connectivity index (χ3n) is 5.29. The van der Waals surface area contributed by atoms with Crippen LogP contribution in [0.5, 0.6) is 0 Å². The van der Waals surface area contributed by atoms with Gasteiger partial charge in [-0.2, -0.15) is 0 Å². The molecule has 19 heavy (non-hydrogen) atoms. The van der Waals surface area contributed by atoms with E-state index in [1.54, 1.807) is 15.8 Å².